The quantitative estimate of drug-likeness (QED) is 0.361. The van der Waals surface area contributed by atoms with Crippen LogP contribution in [0.3, 0.4) is 0 Å². The Labute approximate surface area is 36.6 Å². The fourth-order valence-electron chi connectivity index (χ4n) is 0.0393. The van der Waals surface area contributed by atoms with Gasteiger partial charge < -0.3 is 5.73 Å². The molecule has 34 valence electrons. The van der Waals surface area contributed by atoms with Crippen molar-refractivity contribution >= 4 is 6.29 Å². The van der Waals surface area contributed by atoms with E-state index >= 15 is 0 Å². The highest BCUT2D eigenvalue weighted by atomic mass is 16.1. The van der Waals surface area contributed by atoms with Crippen molar-refractivity contribution in [3.05, 3.63) is 11.8 Å². The van der Waals surface area contributed by atoms with E-state index in [1.807, 2.05) is 0 Å². The molecule has 2 N–H and O–H groups in total. The summed E-state index contributed by atoms with van der Waals surface area (Å²) in [5, 5.41) is 0. The zero-order chi connectivity index (χ0) is 4.99. The van der Waals surface area contributed by atoms with Gasteiger partial charge in [0.15, 0.2) is 0 Å². The maximum absolute atomic E-state index is 9.59. The van der Waals surface area contributed by atoms with Crippen LogP contribution in [0.1, 0.15) is 6.92 Å². The number of rotatable bonds is 1. The third-order valence-corrected chi connectivity index (χ3v) is 0.449. The molecule has 0 fully saturated rings. The second kappa shape index (κ2) is 2.45. The molecular formula is C4H7NO. The van der Waals surface area contributed by atoms with E-state index in [4.69, 9.17) is 5.73 Å². The molecule has 0 aliphatic heterocycles. The number of aldehydes is 1. The van der Waals surface area contributed by atoms with E-state index in [0.29, 0.717) is 11.9 Å². The van der Waals surface area contributed by atoms with Crippen LogP contribution in [-0.4, -0.2) is 6.29 Å². The summed E-state index contributed by atoms with van der Waals surface area (Å²) < 4.78 is 0. The molecule has 0 saturated heterocycles. The van der Waals surface area contributed by atoms with Crippen molar-refractivity contribution in [1.29, 1.82) is 0 Å². The summed E-state index contributed by atoms with van der Waals surface area (Å²) in [6, 6.07) is 0. The van der Waals surface area contributed by atoms with E-state index in [1.54, 1.807) is 6.92 Å². The van der Waals surface area contributed by atoms with Crippen molar-refractivity contribution in [2.45, 2.75) is 6.92 Å². The van der Waals surface area contributed by atoms with E-state index < -0.39 is 0 Å². The van der Waals surface area contributed by atoms with Gasteiger partial charge in [-0.15, -0.1) is 0 Å². The molecule has 0 heterocycles. The van der Waals surface area contributed by atoms with Crippen LogP contribution in [0, 0.1) is 0 Å². The van der Waals surface area contributed by atoms with Crippen molar-refractivity contribution < 1.29 is 4.79 Å². The highest BCUT2D eigenvalue weighted by Gasteiger charge is 1.73. The second-order valence-corrected chi connectivity index (χ2v) is 1.03. The largest absolute Gasteiger partial charge is 0.404 e. The predicted molar refractivity (Wildman–Crippen MR) is 24.0 cm³/mol. The molecule has 0 spiro atoms. The van der Waals surface area contributed by atoms with Crippen LogP contribution in [0.4, 0.5) is 0 Å². The third-order valence-electron chi connectivity index (χ3n) is 0.449. The van der Waals surface area contributed by atoms with E-state index in [2.05, 4.69) is 0 Å². The summed E-state index contributed by atoms with van der Waals surface area (Å²) >= 11 is 0. The lowest BCUT2D eigenvalue weighted by atomic mass is 10.4. The Morgan fingerprint density at radius 1 is 1.83 bits per heavy atom. The molecule has 0 radical (unpaired) electrons. The van der Waals surface area contributed by atoms with Crippen molar-refractivity contribution in [1.82, 2.24) is 0 Å². The van der Waals surface area contributed by atoms with Gasteiger partial charge in [0.05, 0.1) is 0 Å². The van der Waals surface area contributed by atoms with Gasteiger partial charge in [0, 0.05) is 11.8 Å². The molecule has 0 atom stereocenters. The van der Waals surface area contributed by atoms with Crippen LogP contribution in [0.2, 0.25) is 0 Å². The number of hydrogen-bond donors (Lipinski definition) is 1. The Balaban J connectivity index is 3.50. The Kier molecular flexibility index (Phi) is 2.13. The molecule has 0 saturated carbocycles. The Bertz CT molecular complexity index is 75.6. The molecule has 0 aliphatic rings. The lowest BCUT2D eigenvalue weighted by molar-refractivity contribution is -0.104. The summed E-state index contributed by atoms with van der Waals surface area (Å²) in [6.07, 6.45) is 1.98. The smallest absolute Gasteiger partial charge is 0.147 e. The maximum atomic E-state index is 9.59. The summed E-state index contributed by atoms with van der Waals surface area (Å²) in [7, 11) is 0. The fourth-order valence-corrected chi connectivity index (χ4v) is 0.0393. The van der Waals surface area contributed by atoms with Gasteiger partial charge in [-0.1, -0.05) is 0 Å². The van der Waals surface area contributed by atoms with Crippen molar-refractivity contribution in [2.75, 3.05) is 0 Å². The van der Waals surface area contributed by atoms with Crippen LogP contribution < -0.4 is 5.73 Å². The monoisotopic (exact) mass is 85.1 g/mol. The first-order valence-electron chi connectivity index (χ1n) is 1.65. The van der Waals surface area contributed by atoms with Crippen LogP contribution in [-0.2, 0) is 4.79 Å². The minimum atomic E-state index is 0.565. The zero-order valence-corrected chi connectivity index (χ0v) is 3.64. The summed E-state index contributed by atoms with van der Waals surface area (Å²) in [6.45, 7) is 1.65. The maximum Gasteiger partial charge on any atom is 0.147 e. The fraction of sp³-hybridized carbons (Fsp3) is 0.250. The average Bonchev–Trinajstić information content (AvgIpc) is 1.65. The van der Waals surface area contributed by atoms with Crippen molar-refractivity contribution in [3.8, 4) is 0 Å². The highest BCUT2D eigenvalue weighted by Crippen LogP contribution is 1.75. The molecule has 0 aromatic rings. The molecule has 0 aliphatic carbocycles. The lowest BCUT2D eigenvalue weighted by Gasteiger charge is -1.74. The summed E-state index contributed by atoms with van der Waals surface area (Å²) in [4.78, 5) is 9.59. The highest BCUT2D eigenvalue weighted by molar-refractivity contribution is 5.71. The molecule has 0 aromatic heterocycles. The van der Waals surface area contributed by atoms with Gasteiger partial charge in [-0.2, -0.15) is 0 Å². The SMILES string of the molecule is C/C(C=O)=C/N. The molecule has 2 heteroatoms. The lowest BCUT2D eigenvalue weighted by Crippen LogP contribution is -1.83. The minimum absolute atomic E-state index is 0.565. The van der Waals surface area contributed by atoms with Crippen LogP contribution >= 0.6 is 0 Å². The molecule has 0 unspecified atom stereocenters. The molecule has 0 bridgehead atoms. The van der Waals surface area contributed by atoms with Crippen LogP contribution in [0.15, 0.2) is 11.8 Å². The van der Waals surface area contributed by atoms with E-state index in [0.717, 1.165) is 0 Å². The second-order valence-electron chi connectivity index (χ2n) is 1.03. The standard InChI is InChI=1S/C4H7NO/c1-4(2-5)3-6/h2-3H,5H2,1H3/b4-2-. The Morgan fingerprint density at radius 3 is 2.33 bits per heavy atom. The Hall–Kier alpha value is -0.790. The van der Waals surface area contributed by atoms with Crippen LogP contribution in [0.25, 0.3) is 0 Å². The first kappa shape index (κ1) is 5.21. The van der Waals surface area contributed by atoms with Gasteiger partial charge in [-0.05, 0) is 6.92 Å². The zero-order valence-electron chi connectivity index (χ0n) is 3.64. The average molecular weight is 85.1 g/mol. The number of allylic oxidation sites excluding steroid dienone is 1. The third kappa shape index (κ3) is 1.52. The number of carbonyl (C=O) groups excluding carboxylic acids is 1. The molecule has 0 amide bonds. The molecule has 2 nitrogen and oxygen atoms in total. The number of hydrogen-bond acceptors (Lipinski definition) is 2. The topological polar surface area (TPSA) is 43.1 Å². The van der Waals surface area contributed by atoms with Gasteiger partial charge in [0.25, 0.3) is 0 Å². The van der Waals surface area contributed by atoms with Gasteiger partial charge in [0.2, 0.25) is 0 Å². The minimum Gasteiger partial charge on any atom is -0.404 e. The van der Waals surface area contributed by atoms with Gasteiger partial charge in [0.1, 0.15) is 6.29 Å². The van der Waals surface area contributed by atoms with Crippen LogP contribution in [0.5, 0.6) is 0 Å². The summed E-state index contributed by atoms with van der Waals surface area (Å²) in [5.41, 5.74) is 5.45. The van der Waals surface area contributed by atoms with Gasteiger partial charge >= 0.3 is 0 Å². The van der Waals surface area contributed by atoms with E-state index in [9.17, 15) is 4.79 Å². The molecular weight excluding hydrogens is 78.1 g/mol. The number of nitrogens with two attached hydrogens (primary N) is 1. The molecule has 0 aromatic carbocycles. The van der Waals surface area contributed by atoms with Crippen molar-refractivity contribution in [3.63, 3.8) is 0 Å². The normalized spacial score (nSPS) is 11.2. The predicted octanol–water partition coefficient (Wildman–Crippen LogP) is 0.0478. The molecule has 0 rings (SSSR count). The van der Waals surface area contributed by atoms with E-state index in [1.165, 1.54) is 6.20 Å². The van der Waals surface area contributed by atoms with Gasteiger partial charge in [-0.3, -0.25) is 4.79 Å². The first-order chi connectivity index (χ1) is 2.81. The Morgan fingerprint density at radius 2 is 2.33 bits per heavy atom. The summed E-state index contributed by atoms with van der Waals surface area (Å²) in [5.74, 6) is 0. The first-order valence-corrected chi connectivity index (χ1v) is 1.65. The van der Waals surface area contributed by atoms with E-state index in [-0.39, 0.29) is 0 Å². The van der Waals surface area contributed by atoms with Crippen molar-refractivity contribution in [2.24, 2.45) is 5.73 Å². The van der Waals surface area contributed by atoms with Gasteiger partial charge in [-0.25, -0.2) is 0 Å². The molecule has 6 heavy (non-hydrogen) atoms. The number of carbonyl (C=O) groups is 1.